The number of benzene rings is 1. The predicted molar refractivity (Wildman–Crippen MR) is 84.2 cm³/mol. The van der Waals surface area contributed by atoms with Crippen molar-refractivity contribution in [1.29, 1.82) is 0 Å². The van der Waals surface area contributed by atoms with Gasteiger partial charge in [-0.15, -0.1) is 0 Å². The van der Waals surface area contributed by atoms with Crippen LogP contribution in [0.25, 0.3) is 0 Å². The van der Waals surface area contributed by atoms with E-state index in [1.54, 1.807) is 12.1 Å². The zero-order chi connectivity index (χ0) is 15.1. The fourth-order valence-electron chi connectivity index (χ4n) is 2.58. The van der Waals surface area contributed by atoms with Gasteiger partial charge in [-0.25, -0.2) is 0 Å². The van der Waals surface area contributed by atoms with Gasteiger partial charge in [-0.05, 0) is 37.6 Å². The average Bonchev–Trinajstić information content (AvgIpc) is 2.93. The van der Waals surface area contributed by atoms with Gasteiger partial charge in [0, 0.05) is 24.8 Å². The molecular formula is C16H25N3O2. The molecule has 1 aromatic rings. The zero-order valence-corrected chi connectivity index (χ0v) is 12.7. The normalized spacial score (nSPS) is 18.6. The molecule has 0 aliphatic carbocycles. The Balaban J connectivity index is 1.60. The quantitative estimate of drug-likeness (QED) is 0.747. The second-order valence-electron chi connectivity index (χ2n) is 5.52. The third-order valence-electron chi connectivity index (χ3n) is 3.86. The topological polar surface area (TPSA) is 67.6 Å². The molecule has 0 saturated carbocycles. The minimum atomic E-state index is 0.0499. The molecule has 1 heterocycles. The van der Waals surface area contributed by atoms with Crippen molar-refractivity contribution in [3.63, 3.8) is 0 Å². The molecule has 1 amide bonds. The summed E-state index contributed by atoms with van der Waals surface area (Å²) in [6, 6.07) is 7.24. The van der Waals surface area contributed by atoms with Crippen molar-refractivity contribution in [2.45, 2.75) is 19.8 Å². The molecule has 0 aromatic heterocycles. The van der Waals surface area contributed by atoms with Crippen LogP contribution >= 0.6 is 0 Å². The summed E-state index contributed by atoms with van der Waals surface area (Å²) in [5.41, 5.74) is 6.33. The number of hydrogen-bond acceptors (Lipinski definition) is 4. The van der Waals surface area contributed by atoms with Gasteiger partial charge in [0.2, 0.25) is 5.91 Å². The van der Waals surface area contributed by atoms with E-state index in [-0.39, 0.29) is 5.91 Å². The smallest absolute Gasteiger partial charge is 0.223 e. The van der Waals surface area contributed by atoms with Gasteiger partial charge in [0.1, 0.15) is 5.75 Å². The molecule has 5 nitrogen and oxygen atoms in total. The van der Waals surface area contributed by atoms with Gasteiger partial charge in [-0.1, -0.05) is 13.0 Å². The number of amides is 1. The van der Waals surface area contributed by atoms with Gasteiger partial charge in [0.15, 0.2) is 0 Å². The Labute approximate surface area is 126 Å². The van der Waals surface area contributed by atoms with Crippen molar-refractivity contribution in [3.8, 4) is 5.75 Å². The first-order chi connectivity index (χ1) is 10.2. The van der Waals surface area contributed by atoms with Crippen LogP contribution in [0.1, 0.15) is 19.8 Å². The molecule has 116 valence electrons. The van der Waals surface area contributed by atoms with E-state index in [2.05, 4.69) is 17.1 Å². The highest BCUT2D eigenvalue weighted by atomic mass is 16.5. The third kappa shape index (κ3) is 5.27. The van der Waals surface area contributed by atoms with Crippen molar-refractivity contribution >= 4 is 11.6 Å². The summed E-state index contributed by atoms with van der Waals surface area (Å²) in [6.07, 6.45) is 1.55. The number of nitrogens with two attached hydrogens (primary N) is 1. The van der Waals surface area contributed by atoms with Crippen LogP contribution in [-0.2, 0) is 4.79 Å². The number of rotatable bonds is 7. The first-order valence-electron chi connectivity index (χ1n) is 7.64. The number of nitrogens with one attached hydrogen (secondary N) is 1. The summed E-state index contributed by atoms with van der Waals surface area (Å²) in [5.74, 6) is 1.34. The third-order valence-corrected chi connectivity index (χ3v) is 3.86. The molecule has 1 aliphatic heterocycles. The summed E-state index contributed by atoms with van der Waals surface area (Å²) in [7, 11) is 0. The molecule has 3 N–H and O–H groups in total. The summed E-state index contributed by atoms with van der Waals surface area (Å²) in [4.78, 5) is 14.2. The maximum atomic E-state index is 11.8. The summed E-state index contributed by atoms with van der Waals surface area (Å²) in [5, 5.41) is 3.00. The molecule has 2 rings (SSSR count). The van der Waals surface area contributed by atoms with Crippen LogP contribution in [0.15, 0.2) is 24.3 Å². The summed E-state index contributed by atoms with van der Waals surface area (Å²) < 4.78 is 5.51. The first kappa shape index (κ1) is 15.6. The number of likely N-dealkylation sites (tertiary alicyclic amines) is 1. The van der Waals surface area contributed by atoms with E-state index in [0.717, 1.165) is 26.2 Å². The van der Waals surface area contributed by atoms with E-state index in [1.807, 2.05) is 12.1 Å². The lowest BCUT2D eigenvalue weighted by molar-refractivity contribution is -0.121. The van der Waals surface area contributed by atoms with Crippen molar-refractivity contribution < 1.29 is 9.53 Å². The Hall–Kier alpha value is -1.75. The number of anilines is 1. The summed E-state index contributed by atoms with van der Waals surface area (Å²) in [6.45, 7) is 6.66. The highest BCUT2D eigenvalue weighted by Crippen LogP contribution is 2.15. The maximum absolute atomic E-state index is 11.8. The molecule has 0 radical (unpaired) electrons. The number of ether oxygens (including phenoxy) is 1. The van der Waals surface area contributed by atoms with E-state index in [4.69, 9.17) is 10.5 Å². The lowest BCUT2D eigenvalue weighted by Crippen LogP contribution is -2.31. The Morgan fingerprint density at radius 3 is 3.10 bits per heavy atom. The molecular weight excluding hydrogens is 266 g/mol. The Morgan fingerprint density at radius 2 is 2.38 bits per heavy atom. The van der Waals surface area contributed by atoms with Crippen LogP contribution in [0.3, 0.4) is 0 Å². The molecule has 1 aromatic carbocycles. The molecule has 5 heteroatoms. The number of nitrogen functional groups attached to an aromatic ring is 1. The standard InChI is InChI=1S/C16H25N3O2/c1-2-19-8-6-13(12-19)11-18-16(20)7-9-21-15-5-3-4-14(17)10-15/h3-5,10,13H,2,6-9,11-12,17H2,1H3,(H,18,20). The lowest BCUT2D eigenvalue weighted by Gasteiger charge is -2.14. The van der Waals surface area contributed by atoms with Gasteiger partial charge >= 0.3 is 0 Å². The van der Waals surface area contributed by atoms with Crippen LogP contribution in [-0.4, -0.2) is 43.6 Å². The molecule has 0 spiro atoms. The highest BCUT2D eigenvalue weighted by Gasteiger charge is 2.21. The number of nitrogens with zero attached hydrogens (tertiary/aromatic N) is 1. The van der Waals surface area contributed by atoms with Gasteiger partial charge in [0.25, 0.3) is 0 Å². The summed E-state index contributed by atoms with van der Waals surface area (Å²) >= 11 is 0. The van der Waals surface area contributed by atoms with E-state index in [1.165, 1.54) is 6.42 Å². The lowest BCUT2D eigenvalue weighted by atomic mass is 10.1. The molecule has 1 aliphatic rings. The molecule has 1 saturated heterocycles. The molecule has 21 heavy (non-hydrogen) atoms. The van der Waals surface area contributed by atoms with Gasteiger partial charge < -0.3 is 20.7 Å². The molecule has 1 unspecified atom stereocenters. The van der Waals surface area contributed by atoms with E-state index in [0.29, 0.717) is 30.4 Å². The zero-order valence-electron chi connectivity index (χ0n) is 12.7. The van der Waals surface area contributed by atoms with Crippen molar-refractivity contribution in [3.05, 3.63) is 24.3 Å². The monoisotopic (exact) mass is 291 g/mol. The fraction of sp³-hybridized carbons (Fsp3) is 0.562. The molecule has 0 bridgehead atoms. The maximum Gasteiger partial charge on any atom is 0.223 e. The van der Waals surface area contributed by atoms with Crippen LogP contribution in [0.5, 0.6) is 5.75 Å². The SMILES string of the molecule is CCN1CCC(CNC(=O)CCOc2cccc(N)c2)C1. The minimum Gasteiger partial charge on any atom is -0.493 e. The van der Waals surface area contributed by atoms with Crippen molar-refractivity contribution in [1.82, 2.24) is 10.2 Å². The van der Waals surface area contributed by atoms with Crippen LogP contribution in [0.2, 0.25) is 0 Å². The van der Waals surface area contributed by atoms with Crippen molar-refractivity contribution in [2.24, 2.45) is 5.92 Å². The van der Waals surface area contributed by atoms with Crippen molar-refractivity contribution in [2.75, 3.05) is 38.5 Å². The fourth-order valence-corrected chi connectivity index (χ4v) is 2.58. The van der Waals surface area contributed by atoms with Gasteiger partial charge in [-0.3, -0.25) is 4.79 Å². The average molecular weight is 291 g/mol. The first-order valence-corrected chi connectivity index (χ1v) is 7.64. The Kier molecular flexibility index (Phi) is 5.87. The number of carbonyl (C=O) groups excluding carboxylic acids is 1. The second-order valence-corrected chi connectivity index (χ2v) is 5.52. The predicted octanol–water partition coefficient (Wildman–Crippen LogP) is 1.50. The van der Waals surface area contributed by atoms with Crippen LogP contribution < -0.4 is 15.8 Å². The van der Waals surface area contributed by atoms with Crippen LogP contribution in [0, 0.1) is 5.92 Å². The largest absolute Gasteiger partial charge is 0.493 e. The Bertz CT molecular complexity index is 465. The van der Waals surface area contributed by atoms with E-state index in [9.17, 15) is 4.79 Å². The Morgan fingerprint density at radius 1 is 1.52 bits per heavy atom. The number of hydrogen-bond donors (Lipinski definition) is 2. The highest BCUT2D eigenvalue weighted by molar-refractivity contribution is 5.76. The van der Waals surface area contributed by atoms with Gasteiger partial charge in [-0.2, -0.15) is 0 Å². The van der Waals surface area contributed by atoms with Gasteiger partial charge in [0.05, 0.1) is 13.0 Å². The minimum absolute atomic E-state index is 0.0499. The molecule has 1 fully saturated rings. The van der Waals surface area contributed by atoms with E-state index < -0.39 is 0 Å². The number of carbonyl (C=O) groups is 1. The second kappa shape index (κ2) is 7.88. The van der Waals surface area contributed by atoms with Crippen LogP contribution in [0.4, 0.5) is 5.69 Å². The van der Waals surface area contributed by atoms with E-state index >= 15 is 0 Å². The molecule has 1 atom stereocenters.